The molecule has 0 aliphatic heterocycles. The molecular formula is C16H16N4O. The number of nitrogens with one attached hydrogen (secondary N) is 1. The maximum absolute atomic E-state index is 5.62. The van der Waals surface area contributed by atoms with Crippen molar-refractivity contribution in [2.45, 2.75) is 6.92 Å². The van der Waals surface area contributed by atoms with Gasteiger partial charge in [-0.15, -0.1) is 0 Å². The number of hydrogen-bond donors (Lipinski definition) is 2. The Morgan fingerprint density at radius 2 is 1.90 bits per heavy atom. The van der Waals surface area contributed by atoms with Gasteiger partial charge in [0.25, 0.3) is 0 Å². The fourth-order valence-corrected chi connectivity index (χ4v) is 2.28. The van der Waals surface area contributed by atoms with E-state index in [2.05, 4.69) is 21.0 Å². The zero-order chi connectivity index (χ0) is 14.8. The van der Waals surface area contributed by atoms with E-state index in [-0.39, 0.29) is 5.95 Å². The van der Waals surface area contributed by atoms with E-state index < -0.39 is 0 Å². The molecule has 106 valence electrons. The number of anilines is 1. The number of benzene rings is 1. The largest absolute Gasteiger partial charge is 0.496 e. The fraction of sp³-hybridized carbons (Fsp3) is 0.125. The van der Waals surface area contributed by atoms with Gasteiger partial charge in [-0.2, -0.15) is 0 Å². The van der Waals surface area contributed by atoms with Gasteiger partial charge in [0.15, 0.2) is 0 Å². The number of nitrogens with two attached hydrogens (primary N) is 1. The molecule has 3 N–H and O–H groups in total. The molecular weight excluding hydrogens is 264 g/mol. The molecule has 21 heavy (non-hydrogen) atoms. The highest BCUT2D eigenvalue weighted by Gasteiger charge is 2.07. The topological polar surface area (TPSA) is 76.8 Å². The van der Waals surface area contributed by atoms with Gasteiger partial charge in [0.2, 0.25) is 5.95 Å². The number of hydrogen-bond acceptors (Lipinski definition) is 4. The van der Waals surface area contributed by atoms with E-state index >= 15 is 0 Å². The highest BCUT2D eigenvalue weighted by atomic mass is 16.5. The van der Waals surface area contributed by atoms with Crippen LogP contribution in [0.15, 0.2) is 42.6 Å². The molecule has 1 aromatic carbocycles. The van der Waals surface area contributed by atoms with Crippen molar-refractivity contribution in [3.8, 4) is 28.4 Å². The van der Waals surface area contributed by atoms with E-state index in [0.717, 1.165) is 34.0 Å². The minimum absolute atomic E-state index is 0.268. The van der Waals surface area contributed by atoms with Gasteiger partial charge in [-0.3, -0.25) is 0 Å². The molecule has 2 heterocycles. The molecule has 0 radical (unpaired) electrons. The summed E-state index contributed by atoms with van der Waals surface area (Å²) in [6, 6.07) is 11.9. The molecule has 2 aromatic heterocycles. The Bertz CT molecular complexity index is 779. The van der Waals surface area contributed by atoms with Crippen molar-refractivity contribution >= 4 is 5.95 Å². The van der Waals surface area contributed by atoms with Gasteiger partial charge in [0.05, 0.1) is 18.5 Å². The minimum Gasteiger partial charge on any atom is -0.496 e. The molecule has 5 heteroatoms. The highest BCUT2D eigenvalue weighted by Crippen LogP contribution is 2.27. The summed E-state index contributed by atoms with van der Waals surface area (Å²) in [5, 5.41) is 0. The monoisotopic (exact) mass is 280 g/mol. The SMILES string of the molecule is COc1ccc(-c2ccc(-c3ccnc(N)n3)[nH]2)cc1C. The molecule has 3 aromatic rings. The standard InChI is InChI=1S/C16H16N4O/c1-10-9-11(3-6-15(10)21-2)12-4-5-13(19-12)14-7-8-18-16(17)20-14/h3-9,19H,1-2H3,(H2,17,18,20). The van der Waals surface area contributed by atoms with Crippen LogP contribution in [0.25, 0.3) is 22.6 Å². The van der Waals surface area contributed by atoms with Crippen LogP contribution in [0.5, 0.6) is 5.75 Å². The molecule has 0 unspecified atom stereocenters. The minimum atomic E-state index is 0.268. The van der Waals surface area contributed by atoms with Gasteiger partial charge in [-0.1, -0.05) is 0 Å². The Balaban J connectivity index is 1.96. The number of nitrogens with zero attached hydrogens (tertiary/aromatic N) is 2. The van der Waals surface area contributed by atoms with Crippen LogP contribution in [0, 0.1) is 6.92 Å². The first-order valence-corrected chi connectivity index (χ1v) is 6.60. The summed E-state index contributed by atoms with van der Waals surface area (Å²) in [6.07, 6.45) is 1.65. The van der Waals surface area contributed by atoms with Gasteiger partial charge < -0.3 is 15.5 Å². The lowest BCUT2D eigenvalue weighted by Crippen LogP contribution is -1.95. The summed E-state index contributed by atoms with van der Waals surface area (Å²) in [5.74, 6) is 1.15. The van der Waals surface area contributed by atoms with Gasteiger partial charge >= 0.3 is 0 Å². The molecule has 0 saturated carbocycles. The number of aryl methyl sites for hydroxylation is 1. The Morgan fingerprint density at radius 3 is 2.62 bits per heavy atom. The Kier molecular flexibility index (Phi) is 3.31. The van der Waals surface area contributed by atoms with E-state index in [4.69, 9.17) is 10.5 Å². The zero-order valence-electron chi connectivity index (χ0n) is 11.9. The molecule has 0 amide bonds. The Morgan fingerprint density at radius 1 is 1.10 bits per heavy atom. The second kappa shape index (κ2) is 5.28. The van der Waals surface area contributed by atoms with Crippen LogP contribution in [0.2, 0.25) is 0 Å². The predicted octanol–water partition coefficient (Wildman–Crippen LogP) is 3.04. The summed E-state index contributed by atoms with van der Waals surface area (Å²) >= 11 is 0. The zero-order valence-corrected chi connectivity index (χ0v) is 11.9. The van der Waals surface area contributed by atoms with E-state index in [1.54, 1.807) is 13.3 Å². The van der Waals surface area contributed by atoms with Gasteiger partial charge in [0, 0.05) is 11.9 Å². The van der Waals surface area contributed by atoms with Crippen LogP contribution < -0.4 is 10.5 Å². The number of nitrogen functional groups attached to an aromatic ring is 1. The molecule has 0 spiro atoms. The predicted molar refractivity (Wildman–Crippen MR) is 83.0 cm³/mol. The quantitative estimate of drug-likeness (QED) is 0.773. The third-order valence-corrected chi connectivity index (χ3v) is 3.34. The number of aromatic amines is 1. The van der Waals surface area contributed by atoms with Crippen LogP contribution in [-0.2, 0) is 0 Å². The van der Waals surface area contributed by atoms with Crippen LogP contribution >= 0.6 is 0 Å². The molecule has 0 aliphatic carbocycles. The molecule has 0 aliphatic rings. The second-order valence-electron chi connectivity index (χ2n) is 4.77. The van der Waals surface area contributed by atoms with Crippen molar-refractivity contribution in [3.63, 3.8) is 0 Å². The van der Waals surface area contributed by atoms with Crippen molar-refractivity contribution in [3.05, 3.63) is 48.2 Å². The number of methoxy groups -OCH3 is 1. The first kappa shape index (κ1) is 13.2. The lowest BCUT2D eigenvalue weighted by molar-refractivity contribution is 0.412. The summed E-state index contributed by atoms with van der Waals surface area (Å²) in [6.45, 7) is 2.03. The first-order valence-electron chi connectivity index (χ1n) is 6.60. The maximum atomic E-state index is 5.62. The molecule has 5 nitrogen and oxygen atoms in total. The van der Waals surface area contributed by atoms with Gasteiger partial charge in [-0.25, -0.2) is 9.97 Å². The summed E-state index contributed by atoms with van der Waals surface area (Å²) in [5.41, 5.74) is 10.5. The average molecular weight is 280 g/mol. The number of aromatic nitrogens is 3. The van der Waals surface area contributed by atoms with E-state index in [9.17, 15) is 0 Å². The summed E-state index contributed by atoms with van der Waals surface area (Å²) < 4.78 is 5.28. The molecule has 0 atom stereocenters. The van der Waals surface area contributed by atoms with Crippen molar-refractivity contribution < 1.29 is 4.74 Å². The molecule has 3 rings (SSSR count). The van der Waals surface area contributed by atoms with Gasteiger partial charge in [-0.05, 0) is 54.4 Å². The smallest absolute Gasteiger partial charge is 0.220 e. The second-order valence-corrected chi connectivity index (χ2v) is 4.77. The average Bonchev–Trinajstić information content (AvgIpc) is 2.97. The number of rotatable bonds is 3. The Hall–Kier alpha value is -2.82. The van der Waals surface area contributed by atoms with Crippen molar-refractivity contribution in [1.29, 1.82) is 0 Å². The third kappa shape index (κ3) is 2.58. The number of ether oxygens (including phenoxy) is 1. The van der Waals surface area contributed by atoms with E-state index in [0.29, 0.717) is 0 Å². The Labute approximate surface area is 122 Å². The molecule has 0 saturated heterocycles. The fourth-order valence-electron chi connectivity index (χ4n) is 2.28. The van der Waals surface area contributed by atoms with Crippen molar-refractivity contribution in [1.82, 2.24) is 15.0 Å². The first-order chi connectivity index (χ1) is 10.2. The van der Waals surface area contributed by atoms with Crippen LogP contribution in [0.3, 0.4) is 0 Å². The van der Waals surface area contributed by atoms with E-state index in [1.165, 1.54) is 0 Å². The highest BCUT2D eigenvalue weighted by molar-refractivity contribution is 5.68. The molecule has 0 fully saturated rings. The summed E-state index contributed by atoms with van der Waals surface area (Å²) in [7, 11) is 1.67. The van der Waals surface area contributed by atoms with Crippen LogP contribution in [0.4, 0.5) is 5.95 Å². The maximum Gasteiger partial charge on any atom is 0.220 e. The number of H-pyrrole nitrogens is 1. The van der Waals surface area contributed by atoms with Crippen LogP contribution in [-0.4, -0.2) is 22.1 Å². The normalized spacial score (nSPS) is 10.6. The summed E-state index contributed by atoms with van der Waals surface area (Å²) in [4.78, 5) is 11.5. The van der Waals surface area contributed by atoms with Crippen molar-refractivity contribution in [2.24, 2.45) is 0 Å². The van der Waals surface area contributed by atoms with E-state index in [1.807, 2.05) is 37.3 Å². The van der Waals surface area contributed by atoms with Crippen LogP contribution in [0.1, 0.15) is 5.56 Å². The molecule has 0 bridgehead atoms. The van der Waals surface area contributed by atoms with Gasteiger partial charge in [0.1, 0.15) is 5.75 Å². The lowest BCUT2D eigenvalue weighted by atomic mass is 10.1. The third-order valence-electron chi connectivity index (χ3n) is 3.34. The van der Waals surface area contributed by atoms with Crippen molar-refractivity contribution in [2.75, 3.05) is 12.8 Å². The lowest BCUT2D eigenvalue weighted by Gasteiger charge is -2.06.